The summed E-state index contributed by atoms with van der Waals surface area (Å²) >= 11 is 5.46. The van der Waals surface area contributed by atoms with Crippen molar-refractivity contribution in [1.29, 1.82) is 0 Å². The zero-order valence-electron chi connectivity index (χ0n) is 11.9. The smallest absolute Gasteiger partial charge is 0.171 e. The maximum atomic E-state index is 5.46. The average molecular weight is 276 g/mol. The van der Waals surface area contributed by atoms with E-state index in [1.807, 2.05) is 6.07 Å². The summed E-state index contributed by atoms with van der Waals surface area (Å²) in [6, 6.07) is 8.89. The van der Waals surface area contributed by atoms with Crippen molar-refractivity contribution < 1.29 is 0 Å². The third-order valence-electron chi connectivity index (χ3n) is 4.07. The molecule has 0 bridgehead atoms. The number of anilines is 1. The van der Waals surface area contributed by atoms with Crippen molar-refractivity contribution in [2.75, 3.05) is 5.32 Å². The van der Waals surface area contributed by atoms with Gasteiger partial charge in [-0.25, -0.2) is 0 Å². The molecule has 19 heavy (non-hydrogen) atoms. The number of hydrogen-bond donors (Lipinski definition) is 2. The van der Waals surface area contributed by atoms with Gasteiger partial charge in [0.15, 0.2) is 5.11 Å². The highest BCUT2D eigenvalue weighted by molar-refractivity contribution is 7.80. The molecule has 1 fully saturated rings. The maximum Gasteiger partial charge on any atom is 0.171 e. The summed E-state index contributed by atoms with van der Waals surface area (Å²) in [5, 5.41) is 7.60. The number of para-hydroxylation sites is 1. The summed E-state index contributed by atoms with van der Waals surface area (Å²) in [5.74, 6) is 0.718. The molecule has 3 heteroatoms. The molecule has 1 saturated carbocycles. The number of nitrogens with one attached hydrogen (secondary N) is 2. The van der Waals surface area contributed by atoms with E-state index >= 15 is 0 Å². The Labute approximate surface area is 122 Å². The Bertz CT molecular complexity index is 431. The third-order valence-corrected chi connectivity index (χ3v) is 4.29. The molecule has 104 valence electrons. The van der Waals surface area contributed by atoms with Crippen molar-refractivity contribution in [2.24, 2.45) is 5.92 Å². The van der Waals surface area contributed by atoms with Crippen LogP contribution < -0.4 is 10.6 Å². The molecule has 0 amide bonds. The first-order valence-electron chi connectivity index (χ1n) is 7.36. The molecular formula is C16H24N2S. The second-order valence-electron chi connectivity index (χ2n) is 5.48. The fourth-order valence-electron chi connectivity index (χ4n) is 2.81. The van der Waals surface area contributed by atoms with E-state index in [1.54, 1.807) is 0 Å². The highest BCUT2D eigenvalue weighted by atomic mass is 32.1. The first-order valence-corrected chi connectivity index (χ1v) is 7.77. The van der Waals surface area contributed by atoms with Gasteiger partial charge in [-0.15, -0.1) is 0 Å². The predicted molar refractivity (Wildman–Crippen MR) is 86.6 cm³/mol. The second-order valence-corrected chi connectivity index (χ2v) is 5.89. The SMILES string of the molecule is CCc1ccccc1NC(=S)N[C@@H]1CCCC[C@@H]1C. The van der Waals surface area contributed by atoms with Crippen LogP contribution in [-0.2, 0) is 6.42 Å². The van der Waals surface area contributed by atoms with Gasteiger partial charge in [-0.3, -0.25) is 0 Å². The minimum atomic E-state index is 0.530. The second kappa shape index (κ2) is 6.90. The fraction of sp³-hybridized carbons (Fsp3) is 0.562. The van der Waals surface area contributed by atoms with Gasteiger partial charge in [-0.1, -0.05) is 44.9 Å². The largest absolute Gasteiger partial charge is 0.359 e. The summed E-state index contributed by atoms with van der Waals surface area (Å²) in [5.41, 5.74) is 2.44. The van der Waals surface area contributed by atoms with E-state index in [-0.39, 0.29) is 0 Å². The monoisotopic (exact) mass is 276 g/mol. The van der Waals surface area contributed by atoms with Crippen molar-refractivity contribution >= 4 is 23.0 Å². The molecule has 2 N–H and O–H groups in total. The van der Waals surface area contributed by atoms with E-state index in [4.69, 9.17) is 12.2 Å². The summed E-state index contributed by atoms with van der Waals surface area (Å²) < 4.78 is 0. The molecule has 0 unspecified atom stereocenters. The van der Waals surface area contributed by atoms with Gasteiger partial charge in [-0.2, -0.15) is 0 Å². The van der Waals surface area contributed by atoms with E-state index in [1.165, 1.54) is 31.2 Å². The quantitative estimate of drug-likeness (QED) is 0.812. The fourth-order valence-corrected chi connectivity index (χ4v) is 3.07. The van der Waals surface area contributed by atoms with Crippen LogP contribution in [0.5, 0.6) is 0 Å². The predicted octanol–water partition coefficient (Wildman–Crippen LogP) is 4.11. The topological polar surface area (TPSA) is 24.1 Å². The molecule has 2 atom stereocenters. The van der Waals surface area contributed by atoms with Crippen LogP contribution in [0.2, 0.25) is 0 Å². The third kappa shape index (κ3) is 3.93. The molecule has 2 nitrogen and oxygen atoms in total. The number of thiocarbonyl (C=S) groups is 1. The zero-order valence-corrected chi connectivity index (χ0v) is 12.7. The van der Waals surface area contributed by atoms with E-state index in [0.717, 1.165) is 23.1 Å². The van der Waals surface area contributed by atoms with E-state index in [9.17, 15) is 0 Å². The van der Waals surface area contributed by atoms with Crippen molar-refractivity contribution in [3.8, 4) is 0 Å². The highest BCUT2D eigenvalue weighted by Crippen LogP contribution is 2.24. The van der Waals surface area contributed by atoms with Gasteiger partial charge >= 0.3 is 0 Å². The lowest BCUT2D eigenvalue weighted by molar-refractivity contribution is 0.309. The standard InChI is InChI=1S/C16H24N2S/c1-3-13-9-5-7-11-15(13)18-16(19)17-14-10-6-4-8-12(14)2/h5,7,9,11-12,14H,3-4,6,8,10H2,1-2H3,(H2,17,18,19)/t12-,14+/m0/s1. The Morgan fingerprint density at radius 1 is 1.26 bits per heavy atom. The molecule has 1 aliphatic carbocycles. The molecule has 2 rings (SSSR count). The van der Waals surface area contributed by atoms with Crippen LogP contribution in [0.1, 0.15) is 45.1 Å². The zero-order chi connectivity index (χ0) is 13.7. The number of benzene rings is 1. The van der Waals surface area contributed by atoms with Crippen LogP contribution in [0.4, 0.5) is 5.69 Å². The first-order chi connectivity index (χ1) is 9.20. The molecule has 0 heterocycles. The maximum absolute atomic E-state index is 5.46. The Morgan fingerprint density at radius 2 is 2.00 bits per heavy atom. The minimum Gasteiger partial charge on any atom is -0.359 e. The van der Waals surface area contributed by atoms with E-state index in [2.05, 4.69) is 42.7 Å². The summed E-state index contributed by atoms with van der Waals surface area (Å²) in [6.45, 7) is 4.49. The molecule has 0 aliphatic heterocycles. The summed E-state index contributed by atoms with van der Waals surface area (Å²) in [7, 11) is 0. The van der Waals surface area contributed by atoms with Gasteiger partial charge < -0.3 is 10.6 Å². The number of rotatable bonds is 3. The first kappa shape index (κ1) is 14.3. The van der Waals surface area contributed by atoms with Gasteiger partial charge in [0, 0.05) is 11.7 Å². The molecule has 0 spiro atoms. The van der Waals surface area contributed by atoms with Crippen molar-refractivity contribution in [3.63, 3.8) is 0 Å². The van der Waals surface area contributed by atoms with Crippen LogP contribution in [0.25, 0.3) is 0 Å². The highest BCUT2D eigenvalue weighted by Gasteiger charge is 2.21. The Balaban J connectivity index is 1.93. The van der Waals surface area contributed by atoms with Crippen LogP contribution in [-0.4, -0.2) is 11.2 Å². The number of aryl methyl sites for hydroxylation is 1. The molecule has 0 saturated heterocycles. The number of hydrogen-bond acceptors (Lipinski definition) is 1. The lowest BCUT2D eigenvalue weighted by Crippen LogP contribution is -2.43. The van der Waals surface area contributed by atoms with Crippen LogP contribution >= 0.6 is 12.2 Å². The Kier molecular flexibility index (Phi) is 5.20. The van der Waals surface area contributed by atoms with Gasteiger partial charge in [0.1, 0.15) is 0 Å². The van der Waals surface area contributed by atoms with Crippen molar-refractivity contribution in [1.82, 2.24) is 5.32 Å². The van der Waals surface area contributed by atoms with Crippen molar-refractivity contribution in [3.05, 3.63) is 29.8 Å². The van der Waals surface area contributed by atoms with Gasteiger partial charge in [0.05, 0.1) is 0 Å². The Morgan fingerprint density at radius 3 is 2.74 bits per heavy atom. The molecule has 0 radical (unpaired) electrons. The van der Waals surface area contributed by atoms with Crippen LogP contribution in [0.15, 0.2) is 24.3 Å². The van der Waals surface area contributed by atoms with Gasteiger partial charge in [0.2, 0.25) is 0 Å². The summed E-state index contributed by atoms with van der Waals surface area (Å²) in [4.78, 5) is 0. The van der Waals surface area contributed by atoms with Crippen molar-refractivity contribution in [2.45, 2.75) is 52.0 Å². The minimum absolute atomic E-state index is 0.530. The Hall–Kier alpha value is -1.09. The summed E-state index contributed by atoms with van der Waals surface area (Å²) in [6.07, 6.45) is 6.24. The average Bonchev–Trinajstić information content (AvgIpc) is 2.42. The molecular weight excluding hydrogens is 252 g/mol. The van der Waals surface area contributed by atoms with Crippen LogP contribution in [0.3, 0.4) is 0 Å². The molecule has 1 aromatic carbocycles. The lowest BCUT2D eigenvalue weighted by atomic mass is 9.86. The molecule has 0 aromatic heterocycles. The normalized spacial score (nSPS) is 22.8. The molecule has 1 aliphatic rings. The van der Waals surface area contributed by atoms with E-state index in [0.29, 0.717) is 6.04 Å². The van der Waals surface area contributed by atoms with Crippen LogP contribution in [0, 0.1) is 5.92 Å². The van der Waals surface area contributed by atoms with Gasteiger partial charge in [0.25, 0.3) is 0 Å². The lowest BCUT2D eigenvalue weighted by Gasteiger charge is -2.30. The van der Waals surface area contributed by atoms with E-state index < -0.39 is 0 Å². The molecule has 1 aromatic rings. The van der Waals surface area contributed by atoms with Gasteiger partial charge in [-0.05, 0) is 49.0 Å².